The number of nitrogens with zero attached hydrogens (tertiary/aromatic N) is 4. The number of rotatable bonds is 7. The van der Waals surface area contributed by atoms with Crippen LogP contribution in [-0.2, 0) is 4.74 Å². The molecule has 0 unspecified atom stereocenters. The van der Waals surface area contributed by atoms with Crippen LogP contribution in [0.25, 0.3) is 0 Å². The molecule has 0 saturated carbocycles. The molecule has 1 aromatic rings. The van der Waals surface area contributed by atoms with Gasteiger partial charge in [-0.25, -0.2) is 0 Å². The Kier molecular flexibility index (Phi) is 6.70. The molecule has 2 aliphatic heterocycles. The first-order valence-electron chi connectivity index (χ1n) is 10.2. The molecule has 2 saturated heterocycles. The minimum Gasteiger partial charge on any atom is -0.383 e. The molecule has 0 aliphatic carbocycles. The minimum absolute atomic E-state index is 0.0851. The van der Waals surface area contributed by atoms with Crippen LogP contribution < -0.4 is 0 Å². The van der Waals surface area contributed by atoms with Crippen LogP contribution >= 0.6 is 0 Å². The van der Waals surface area contributed by atoms with Crippen LogP contribution in [0.2, 0.25) is 0 Å². The predicted molar refractivity (Wildman–Crippen MR) is 102 cm³/mol. The Labute approximate surface area is 157 Å². The van der Waals surface area contributed by atoms with E-state index in [1.807, 2.05) is 15.8 Å². The van der Waals surface area contributed by atoms with E-state index in [0.717, 1.165) is 6.54 Å². The summed E-state index contributed by atoms with van der Waals surface area (Å²) in [6.07, 6.45) is 9.98. The smallest absolute Gasteiger partial charge is 0.257 e. The van der Waals surface area contributed by atoms with Crippen LogP contribution in [-0.4, -0.2) is 71.4 Å². The van der Waals surface area contributed by atoms with Crippen LogP contribution in [0.5, 0.6) is 0 Å². The third-order valence-electron chi connectivity index (χ3n) is 5.91. The van der Waals surface area contributed by atoms with E-state index in [0.29, 0.717) is 30.7 Å². The highest BCUT2D eigenvalue weighted by molar-refractivity contribution is 5.93. The third kappa shape index (κ3) is 4.46. The summed E-state index contributed by atoms with van der Waals surface area (Å²) < 4.78 is 7.12. The highest BCUT2D eigenvalue weighted by atomic mass is 16.5. The molecule has 3 heterocycles. The summed E-state index contributed by atoms with van der Waals surface area (Å²) in [6, 6.07) is 0.909. The molecule has 6 heteroatoms. The van der Waals surface area contributed by atoms with Crippen molar-refractivity contribution in [1.29, 1.82) is 0 Å². The molecule has 0 aromatic carbocycles. The number of carbonyl (C=O) groups is 1. The summed E-state index contributed by atoms with van der Waals surface area (Å²) in [5, 5.41) is 4.34. The number of carbonyl (C=O) groups excluding carboxylic acids is 1. The normalized spacial score (nSPS) is 23.8. The largest absolute Gasteiger partial charge is 0.383 e. The summed E-state index contributed by atoms with van der Waals surface area (Å²) in [5.74, 6) is 0.659. The Morgan fingerprint density at radius 2 is 2.12 bits per heavy atom. The molecule has 0 radical (unpaired) electrons. The van der Waals surface area contributed by atoms with Crippen LogP contribution in [0.15, 0.2) is 12.4 Å². The standard InChI is InChI=1S/C20H34N4O2/c1-16(2)24-15-18(13-21-24)20(25)23(11-12-26-3)14-17-7-6-10-22-9-5-4-8-19(17)22/h13,15-17,19H,4-12,14H2,1-3H3/t17-,19-/m0/s1. The summed E-state index contributed by atoms with van der Waals surface area (Å²) in [7, 11) is 1.70. The Morgan fingerprint density at radius 3 is 2.85 bits per heavy atom. The Morgan fingerprint density at radius 1 is 1.31 bits per heavy atom. The SMILES string of the molecule is COCCN(C[C@@H]1CCCN2CCCC[C@@H]12)C(=O)c1cnn(C(C)C)c1. The van der Waals surface area contributed by atoms with Crippen molar-refractivity contribution in [2.24, 2.45) is 5.92 Å². The Balaban J connectivity index is 1.71. The van der Waals surface area contributed by atoms with Gasteiger partial charge in [0.15, 0.2) is 0 Å². The summed E-state index contributed by atoms with van der Waals surface area (Å²) in [6.45, 7) is 8.66. The van der Waals surface area contributed by atoms with Crippen molar-refractivity contribution < 1.29 is 9.53 Å². The molecule has 2 fully saturated rings. The second-order valence-electron chi connectivity index (χ2n) is 8.05. The molecule has 0 N–H and O–H groups in total. The molecule has 3 rings (SSSR count). The predicted octanol–water partition coefficient (Wildman–Crippen LogP) is 2.82. The van der Waals surface area contributed by atoms with Gasteiger partial charge >= 0.3 is 0 Å². The van der Waals surface area contributed by atoms with Crippen LogP contribution in [0.3, 0.4) is 0 Å². The maximum atomic E-state index is 13.1. The summed E-state index contributed by atoms with van der Waals surface area (Å²) in [5.41, 5.74) is 0.686. The molecule has 6 nitrogen and oxygen atoms in total. The number of fused-ring (bicyclic) bond motifs is 1. The van der Waals surface area contributed by atoms with Gasteiger partial charge in [0.25, 0.3) is 5.91 Å². The van der Waals surface area contributed by atoms with E-state index < -0.39 is 0 Å². The first-order chi connectivity index (χ1) is 12.6. The van der Waals surface area contributed by atoms with Gasteiger partial charge in [-0.3, -0.25) is 9.48 Å². The van der Waals surface area contributed by atoms with Gasteiger partial charge in [-0.1, -0.05) is 6.42 Å². The fourth-order valence-electron chi connectivity index (χ4n) is 4.46. The van der Waals surface area contributed by atoms with E-state index in [1.54, 1.807) is 13.3 Å². The number of methoxy groups -OCH3 is 1. The third-order valence-corrected chi connectivity index (χ3v) is 5.91. The van der Waals surface area contributed by atoms with Gasteiger partial charge in [0.05, 0.1) is 18.4 Å². The summed E-state index contributed by atoms with van der Waals surface area (Å²) in [4.78, 5) is 17.8. The van der Waals surface area contributed by atoms with E-state index in [-0.39, 0.29) is 11.9 Å². The lowest BCUT2D eigenvalue weighted by molar-refractivity contribution is 0.0315. The lowest BCUT2D eigenvalue weighted by Gasteiger charge is -2.45. The van der Waals surface area contributed by atoms with Gasteiger partial charge in [-0.15, -0.1) is 0 Å². The summed E-state index contributed by atoms with van der Waals surface area (Å²) >= 11 is 0. The van der Waals surface area contributed by atoms with Gasteiger partial charge in [0, 0.05) is 38.5 Å². The van der Waals surface area contributed by atoms with Gasteiger partial charge in [-0.2, -0.15) is 5.10 Å². The van der Waals surface area contributed by atoms with Crippen molar-refractivity contribution in [3.63, 3.8) is 0 Å². The Bertz CT molecular complexity index is 584. The minimum atomic E-state index is 0.0851. The molecule has 0 bridgehead atoms. The van der Waals surface area contributed by atoms with Crippen LogP contribution in [0.1, 0.15) is 62.4 Å². The highest BCUT2D eigenvalue weighted by Gasteiger charge is 2.34. The van der Waals surface area contributed by atoms with Gasteiger partial charge in [-0.05, 0) is 58.5 Å². The van der Waals surface area contributed by atoms with Gasteiger partial charge < -0.3 is 14.5 Å². The van der Waals surface area contributed by atoms with Crippen LogP contribution in [0, 0.1) is 5.92 Å². The average Bonchev–Trinajstić information content (AvgIpc) is 3.15. The average molecular weight is 363 g/mol. The topological polar surface area (TPSA) is 50.6 Å². The first kappa shape index (κ1) is 19.4. The fourth-order valence-corrected chi connectivity index (χ4v) is 4.46. The second kappa shape index (κ2) is 9.00. The maximum Gasteiger partial charge on any atom is 0.257 e. The quantitative estimate of drug-likeness (QED) is 0.748. The van der Waals surface area contributed by atoms with Crippen molar-refractivity contribution in [2.45, 2.75) is 58.0 Å². The van der Waals surface area contributed by atoms with E-state index in [9.17, 15) is 4.79 Å². The molecular weight excluding hydrogens is 328 g/mol. The molecule has 1 aromatic heterocycles. The molecule has 1 amide bonds. The zero-order valence-corrected chi connectivity index (χ0v) is 16.6. The Hall–Kier alpha value is -1.40. The molecular formula is C20H34N4O2. The highest BCUT2D eigenvalue weighted by Crippen LogP contribution is 2.31. The van der Waals surface area contributed by atoms with Gasteiger partial charge in [0.2, 0.25) is 0 Å². The van der Waals surface area contributed by atoms with E-state index in [4.69, 9.17) is 4.74 Å². The number of aromatic nitrogens is 2. The lowest BCUT2D eigenvalue weighted by Crippen LogP contribution is -2.52. The van der Waals surface area contributed by atoms with Crippen molar-refractivity contribution in [2.75, 3.05) is 39.9 Å². The van der Waals surface area contributed by atoms with E-state index in [1.165, 1.54) is 45.2 Å². The van der Waals surface area contributed by atoms with E-state index >= 15 is 0 Å². The van der Waals surface area contributed by atoms with E-state index in [2.05, 4.69) is 23.8 Å². The van der Waals surface area contributed by atoms with Gasteiger partial charge in [0.1, 0.15) is 0 Å². The van der Waals surface area contributed by atoms with Crippen LogP contribution in [0.4, 0.5) is 0 Å². The molecule has 2 aliphatic rings. The lowest BCUT2D eigenvalue weighted by atomic mass is 9.83. The number of ether oxygens (including phenoxy) is 1. The zero-order valence-electron chi connectivity index (χ0n) is 16.6. The second-order valence-corrected chi connectivity index (χ2v) is 8.05. The molecule has 146 valence electrons. The molecule has 26 heavy (non-hydrogen) atoms. The number of hydrogen-bond acceptors (Lipinski definition) is 4. The van der Waals surface area contributed by atoms with Crippen molar-refractivity contribution in [3.8, 4) is 0 Å². The van der Waals surface area contributed by atoms with Crippen molar-refractivity contribution in [1.82, 2.24) is 19.6 Å². The molecule has 2 atom stereocenters. The monoisotopic (exact) mass is 362 g/mol. The maximum absolute atomic E-state index is 13.1. The number of amides is 1. The zero-order chi connectivity index (χ0) is 18.5. The van der Waals surface area contributed by atoms with Crippen molar-refractivity contribution >= 4 is 5.91 Å². The first-order valence-corrected chi connectivity index (χ1v) is 10.2. The molecule has 0 spiro atoms. The number of hydrogen-bond donors (Lipinski definition) is 0. The fraction of sp³-hybridized carbons (Fsp3) is 0.800. The number of piperidine rings is 2. The van der Waals surface area contributed by atoms with Crippen molar-refractivity contribution in [3.05, 3.63) is 18.0 Å².